The van der Waals surface area contributed by atoms with Gasteiger partial charge in [-0.25, -0.2) is 0 Å². The molecule has 0 radical (unpaired) electrons. The van der Waals surface area contributed by atoms with Crippen LogP contribution in [0.2, 0.25) is 0 Å². The molecule has 3 heteroatoms. The van der Waals surface area contributed by atoms with Gasteiger partial charge < -0.3 is 10.0 Å². The van der Waals surface area contributed by atoms with Crippen LogP contribution in [0.1, 0.15) is 6.42 Å². The van der Waals surface area contributed by atoms with Crippen molar-refractivity contribution >= 4 is 17.7 Å². The second-order valence-corrected chi connectivity index (χ2v) is 4.40. The van der Waals surface area contributed by atoms with E-state index >= 15 is 0 Å². The van der Waals surface area contributed by atoms with Crippen LogP contribution < -0.4 is 10.4 Å². The molecule has 2 heterocycles. The van der Waals surface area contributed by atoms with Crippen LogP contribution in [0, 0.1) is 0 Å². The first-order chi connectivity index (χ1) is 8.75. The molecule has 90 valence electrons. The minimum absolute atomic E-state index is 0.0600. The minimum atomic E-state index is -0.795. The Hall–Kier alpha value is -2.29. The predicted molar refractivity (Wildman–Crippen MR) is 69.7 cm³/mol. The lowest BCUT2D eigenvalue weighted by molar-refractivity contribution is -0.136. The van der Waals surface area contributed by atoms with E-state index in [-0.39, 0.29) is 6.42 Å². The van der Waals surface area contributed by atoms with Crippen LogP contribution in [-0.2, 0) is 4.79 Å². The molecular formula is C15H13NO2. The molecule has 0 fully saturated rings. The second-order valence-electron chi connectivity index (χ2n) is 4.40. The molecule has 2 aliphatic rings. The Labute approximate surface area is 105 Å². The molecule has 0 unspecified atom stereocenters. The molecule has 0 aromatic heterocycles. The summed E-state index contributed by atoms with van der Waals surface area (Å²) in [4.78, 5) is 13.0. The molecule has 18 heavy (non-hydrogen) atoms. The van der Waals surface area contributed by atoms with E-state index in [1.165, 1.54) is 5.22 Å². The molecule has 2 aliphatic heterocycles. The molecule has 0 saturated heterocycles. The molecule has 3 nitrogen and oxygen atoms in total. The fourth-order valence-corrected chi connectivity index (χ4v) is 2.47. The summed E-state index contributed by atoms with van der Waals surface area (Å²) in [5.41, 5.74) is 1.89. The average molecular weight is 239 g/mol. The Balaban J connectivity index is 2.25. The Morgan fingerprint density at radius 3 is 3.00 bits per heavy atom. The molecule has 0 bridgehead atoms. The monoisotopic (exact) mass is 239 g/mol. The number of carbonyl (C=O) groups is 1. The normalized spacial score (nSPS) is 16.6. The van der Waals surface area contributed by atoms with Crippen molar-refractivity contribution < 1.29 is 9.90 Å². The zero-order valence-electron chi connectivity index (χ0n) is 9.84. The highest BCUT2D eigenvalue weighted by molar-refractivity contribution is 5.79. The van der Waals surface area contributed by atoms with E-state index in [4.69, 9.17) is 5.11 Å². The fourth-order valence-electron chi connectivity index (χ4n) is 2.47. The van der Waals surface area contributed by atoms with E-state index in [1.807, 2.05) is 36.6 Å². The predicted octanol–water partition coefficient (Wildman–Crippen LogP) is 0.819. The fraction of sp³-hybridized carbons (Fsp3) is 0.133. The third-order valence-electron chi connectivity index (χ3n) is 3.22. The number of allylic oxidation sites excluding steroid dienone is 2. The zero-order chi connectivity index (χ0) is 12.5. The van der Waals surface area contributed by atoms with Crippen molar-refractivity contribution in [3.8, 4) is 0 Å². The van der Waals surface area contributed by atoms with Crippen LogP contribution in [0.15, 0.2) is 48.2 Å². The average Bonchev–Trinajstić information content (AvgIpc) is 2.38. The number of nitrogens with zero attached hydrogens (tertiary/aromatic N) is 1. The van der Waals surface area contributed by atoms with Crippen LogP contribution in [0.5, 0.6) is 0 Å². The topological polar surface area (TPSA) is 40.5 Å². The number of hydrogen-bond donors (Lipinski definition) is 1. The smallest absolute Gasteiger partial charge is 0.307 e. The first-order valence-electron chi connectivity index (χ1n) is 5.91. The highest BCUT2D eigenvalue weighted by Gasteiger charge is 2.19. The van der Waals surface area contributed by atoms with Gasteiger partial charge in [0.05, 0.1) is 12.1 Å². The van der Waals surface area contributed by atoms with Gasteiger partial charge in [0.1, 0.15) is 0 Å². The first kappa shape index (κ1) is 10.8. The van der Waals surface area contributed by atoms with Crippen molar-refractivity contribution in [1.82, 2.24) is 4.90 Å². The van der Waals surface area contributed by atoms with Crippen LogP contribution in [0.3, 0.4) is 0 Å². The Kier molecular flexibility index (Phi) is 2.52. The molecule has 1 aromatic rings. The standard InChI is InChI=1S/C15H13NO2/c17-14(18)10-12-5-3-8-16-9-7-11-4-1-2-6-13(11)15(12)16/h1-8H,9-10H2,(H,17,18). The Morgan fingerprint density at radius 2 is 2.17 bits per heavy atom. The quantitative estimate of drug-likeness (QED) is 0.830. The molecule has 0 saturated carbocycles. The number of rotatable bonds is 2. The van der Waals surface area contributed by atoms with Gasteiger partial charge in [0.25, 0.3) is 0 Å². The van der Waals surface area contributed by atoms with Gasteiger partial charge in [0, 0.05) is 18.0 Å². The summed E-state index contributed by atoms with van der Waals surface area (Å²) in [7, 11) is 0. The van der Waals surface area contributed by atoms with Crippen molar-refractivity contribution in [2.24, 2.45) is 0 Å². The molecule has 0 amide bonds. The second kappa shape index (κ2) is 4.18. The summed E-state index contributed by atoms with van der Waals surface area (Å²) in [6, 6.07) is 8.10. The Morgan fingerprint density at radius 1 is 1.33 bits per heavy atom. The molecule has 0 atom stereocenters. The van der Waals surface area contributed by atoms with E-state index in [1.54, 1.807) is 0 Å². The van der Waals surface area contributed by atoms with Crippen molar-refractivity contribution in [3.05, 3.63) is 58.6 Å². The summed E-state index contributed by atoms with van der Waals surface area (Å²) in [6.07, 6.45) is 8.01. The SMILES string of the molecule is O=C(O)CC1=CC=CN2CC=c3ccccc3=C12. The largest absolute Gasteiger partial charge is 0.481 e. The number of carboxylic acid groups (broad SMARTS) is 1. The number of benzene rings is 1. The van der Waals surface area contributed by atoms with Crippen LogP contribution >= 0.6 is 0 Å². The van der Waals surface area contributed by atoms with Gasteiger partial charge in [-0.1, -0.05) is 36.4 Å². The molecule has 1 N–H and O–H groups in total. The Bertz CT molecular complexity index is 683. The maximum absolute atomic E-state index is 10.9. The van der Waals surface area contributed by atoms with Gasteiger partial charge in [-0.2, -0.15) is 0 Å². The highest BCUT2D eigenvalue weighted by atomic mass is 16.4. The number of aliphatic carboxylic acids is 1. The van der Waals surface area contributed by atoms with Gasteiger partial charge in [-0.15, -0.1) is 0 Å². The maximum atomic E-state index is 10.9. The van der Waals surface area contributed by atoms with Crippen LogP contribution in [-0.4, -0.2) is 22.5 Å². The van der Waals surface area contributed by atoms with E-state index in [9.17, 15) is 4.79 Å². The third kappa shape index (κ3) is 1.74. The highest BCUT2D eigenvalue weighted by Crippen LogP contribution is 2.24. The molecular weight excluding hydrogens is 226 g/mol. The molecule has 3 rings (SSSR count). The third-order valence-corrected chi connectivity index (χ3v) is 3.22. The summed E-state index contributed by atoms with van der Waals surface area (Å²) in [5, 5.41) is 11.3. The number of hydrogen-bond acceptors (Lipinski definition) is 2. The zero-order valence-corrected chi connectivity index (χ0v) is 9.84. The van der Waals surface area contributed by atoms with Crippen molar-refractivity contribution in [3.63, 3.8) is 0 Å². The summed E-state index contributed by atoms with van der Waals surface area (Å²) < 4.78 is 0. The lowest BCUT2D eigenvalue weighted by Crippen LogP contribution is -2.39. The van der Waals surface area contributed by atoms with E-state index in [0.717, 1.165) is 23.0 Å². The lowest BCUT2D eigenvalue weighted by Gasteiger charge is -2.29. The van der Waals surface area contributed by atoms with Crippen LogP contribution in [0.4, 0.5) is 0 Å². The number of fused-ring (bicyclic) bond motifs is 2. The van der Waals surface area contributed by atoms with Crippen molar-refractivity contribution in [2.75, 3.05) is 6.54 Å². The number of carboxylic acids is 1. The summed E-state index contributed by atoms with van der Waals surface area (Å²) in [5.74, 6) is -0.795. The lowest BCUT2D eigenvalue weighted by atomic mass is 9.99. The van der Waals surface area contributed by atoms with Crippen LogP contribution in [0.25, 0.3) is 11.8 Å². The van der Waals surface area contributed by atoms with Gasteiger partial charge in [0.15, 0.2) is 0 Å². The first-order valence-corrected chi connectivity index (χ1v) is 5.91. The van der Waals surface area contributed by atoms with Gasteiger partial charge in [0.2, 0.25) is 0 Å². The molecule has 1 aromatic carbocycles. The van der Waals surface area contributed by atoms with E-state index < -0.39 is 5.97 Å². The molecule has 0 aliphatic carbocycles. The van der Waals surface area contributed by atoms with E-state index in [2.05, 4.69) is 17.0 Å². The van der Waals surface area contributed by atoms with Crippen molar-refractivity contribution in [2.45, 2.75) is 6.42 Å². The summed E-state index contributed by atoms with van der Waals surface area (Å²) >= 11 is 0. The molecule has 0 spiro atoms. The van der Waals surface area contributed by atoms with Crippen molar-refractivity contribution in [1.29, 1.82) is 0 Å². The van der Waals surface area contributed by atoms with Gasteiger partial charge in [-0.05, 0) is 16.9 Å². The minimum Gasteiger partial charge on any atom is -0.481 e. The van der Waals surface area contributed by atoms with Gasteiger partial charge in [-0.3, -0.25) is 4.79 Å². The maximum Gasteiger partial charge on any atom is 0.307 e. The van der Waals surface area contributed by atoms with Gasteiger partial charge >= 0.3 is 5.97 Å². The summed E-state index contributed by atoms with van der Waals surface area (Å²) in [6.45, 7) is 0.791. The van der Waals surface area contributed by atoms with E-state index in [0.29, 0.717) is 0 Å².